The number of nitrogens with zero attached hydrogens (tertiary/aromatic N) is 1. The molecule has 0 aliphatic carbocycles. The molecule has 0 spiro atoms. The van der Waals surface area contributed by atoms with Crippen molar-refractivity contribution in [2.75, 3.05) is 25.1 Å². The van der Waals surface area contributed by atoms with Gasteiger partial charge in [-0.15, -0.1) is 0 Å². The summed E-state index contributed by atoms with van der Waals surface area (Å²) >= 11 is 6.05. The molecule has 2 aliphatic rings. The van der Waals surface area contributed by atoms with Crippen LogP contribution in [0.1, 0.15) is 37.8 Å². The van der Waals surface area contributed by atoms with E-state index in [1.807, 2.05) is 37.3 Å². The van der Waals surface area contributed by atoms with E-state index in [4.69, 9.17) is 21.1 Å². The second kappa shape index (κ2) is 11.9. The minimum Gasteiger partial charge on any atom is -0.389 e. The lowest BCUT2D eigenvalue weighted by atomic mass is 9.94. The summed E-state index contributed by atoms with van der Waals surface area (Å²) < 4.78 is 11.9. The lowest BCUT2D eigenvalue weighted by Gasteiger charge is -2.44. The van der Waals surface area contributed by atoms with Crippen molar-refractivity contribution >= 4 is 29.2 Å². The second-order valence-electron chi connectivity index (χ2n) is 9.13. The zero-order valence-corrected chi connectivity index (χ0v) is 20.5. The Morgan fingerprint density at radius 3 is 2.71 bits per heavy atom. The molecule has 0 aromatic heterocycles. The van der Waals surface area contributed by atoms with Crippen molar-refractivity contribution in [3.63, 3.8) is 0 Å². The first-order valence-corrected chi connectivity index (χ1v) is 12.4. The molecule has 0 bridgehead atoms. The Morgan fingerprint density at radius 2 is 1.94 bits per heavy atom. The first-order chi connectivity index (χ1) is 16.9. The van der Waals surface area contributed by atoms with E-state index in [1.165, 1.54) is 0 Å². The number of halogens is 1. The van der Waals surface area contributed by atoms with E-state index in [0.717, 1.165) is 5.56 Å². The van der Waals surface area contributed by atoms with Gasteiger partial charge in [0.2, 0.25) is 5.91 Å². The zero-order valence-electron chi connectivity index (χ0n) is 19.7. The Bertz CT molecular complexity index is 1010. The first-order valence-electron chi connectivity index (χ1n) is 12.0. The van der Waals surface area contributed by atoms with Crippen LogP contribution in [0.25, 0.3) is 0 Å². The number of urea groups is 1. The lowest BCUT2D eigenvalue weighted by molar-refractivity contribution is -0.150. The van der Waals surface area contributed by atoms with E-state index < -0.39 is 12.2 Å². The van der Waals surface area contributed by atoms with E-state index in [9.17, 15) is 14.7 Å². The van der Waals surface area contributed by atoms with E-state index in [-0.39, 0.29) is 56.3 Å². The van der Waals surface area contributed by atoms with Gasteiger partial charge in [0, 0.05) is 10.7 Å². The highest BCUT2D eigenvalue weighted by Gasteiger charge is 2.40. The van der Waals surface area contributed by atoms with E-state index in [0.29, 0.717) is 23.6 Å². The number of nitrogens with one attached hydrogen (secondary N) is 2. The number of carbonyl (C=O) groups excluding carboxylic acids is 2. The third kappa shape index (κ3) is 6.95. The van der Waals surface area contributed by atoms with Crippen LogP contribution in [0.3, 0.4) is 0 Å². The number of carbonyl (C=O) groups is 2. The smallest absolute Gasteiger partial charge is 0.322 e. The van der Waals surface area contributed by atoms with Crippen molar-refractivity contribution in [1.82, 2.24) is 10.2 Å². The van der Waals surface area contributed by atoms with Crippen LogP contribution >= 0.6 is 11.6 Å². The third-order valence-electron chi connectivity index (χ3n) is 6.41. The van der Waals surface area contributed by atoms with Crippen LogP contribution in [-0.4, -0.2) is 66.1 Å². The molecule has 8 nitrogen and oxygen atoms in total. The van der Waals surface area contributed by atoms with Gasteiger partial charge in [0.05, 0.1) is 50.5 Å². The van der Waals surface area contributed by atoms with Crippen molar-refractivity contribution in [2.24, 2.45) is 0 Å². The highest BCUT2D eigenvalue weighted by Crippen LogP contribution is 2.29. The van der Waals surface area contributed by atoms with Crippen LogP contribution in [0.15, 0.2) is 54.6 Å². The molecule has 0 radical (unpaired) electrons. The number of fused-ring (bicyclic) bond motifs is 1. The number of β-amino-alcohol motifs (C(OH)–C–C–N with tert-alkyl or cyclic N) is 1. The summed E-state index contributed by atoms with van der Waals surface area (Å²) in [5.41, 5.74) is 1.62. The van der Waals surface area contributed by atoms with Gasteiger partial charge < -0.3 is 30.1 Å². The zero-order chi connectivity index (χ0) is 24.8. The number of hydrogen-bond donors (Lipinski definition) is 3. The molecule has 2 saturated heterocycles. The Balaban J connectivity index is 1.38. The fourth-order valence-corrected chi connectivity index (χ4v) is 4.86. The molecule has 2 aromatic carbocycles. The van der Waals surface area contributed by atoms with Crippen molar-refractivity contribution < 1.29 is 24.2 Å². The summed E-state index contributed by atoms with van der Waals surface area (Å²) in [5, 5.41) is 16.7. The number of anilines is 1. The quantitative estimate of drug-likeness (QED) is 0.579. The lowest BCUT2D eigenvalue weighted by Crippen LogP contribution is -2.58. The Hall–Kier alpha value is -2.65. The van der Waals surface area contributed by atoms with Crippen LogP contribution in [0, 0.1) is 0 Å². The average Bonchev–Trinajstić information content (AvgIpc) is 2.82. The molecule has 3 amide bonds. The molecular formula is C26H32ClN3O5. The fourth-order valence-electron chi connectivity index (χ4n) is 4.67. The highest BCUT2D eigenvalue weighted by molar-refractivity contribution is 6.30. The summed E-state index contributed by atoms with van der Waals surface area (Å²) in [6.07, 6.45) is 0.0126. The van der Waals surface area contributed by atoms with E-state index in [2.05, 4.69) is 10.6 Å². The van der Waals surface area contributed by atoms with Gasteiger partial charge in [-0.25, -0.2) is 4.79 Å². The molecule has 0 saturated carbocycles. The predicted octanol–water partition coefficient (Wildman–Crippen LogP) is 3.75. The van der Waals surface area contributed by atoms with E-state index >= 15 is 0 Å². The SMILES string of the molecule is C[C@@H](NC(=O)C[C@@H]1CC[C@H]2[C@@H](COC[C@@H](O)CN2C(=O)Nc2cccc(Cl)c2)O1)c1ccccc1. The van der Waals surface area contributed by atoms with Gasteiger partial charge in [0.1, 0.15) is 6.10 Å². The van der Waals surface area contributed by atoms with Crippen LogP contribution in [0.2, 0.25) is 5.02 Å². The Morgan fingerprint density at radius 1 is 1.14 bits per heavy atom. The van der Waals surface area contributed by atoms with Gasteiger partial charge in [-0.1, -0.05) is 48.0 Å². The highest BCUT2D eigenvalue weighted by atomic mass is 35.5. The summed E-state index contributed by atoms with van der Waals surface area (Å²) in [6.45, 7) is 2.42. The molecule has 3 N–H and O–H groups in total. The Labute approximate surface area is 210 Å². The van der Waals surface area contributed by atoms with Gasteiger partial charge in [-0.3, -0.25) is 4.79 Å². The summed E-state index contributed by atoms with van der Waals surface area (Å²) in [4.78, 5) is 27.5. The number of aliphatic hydroxyl groups excluding tert-OH is 1. The van der Waals surface area contributed by atoms with Crippen molar-refractivity contribution in [3.8, 4) is 0 Å². The molecule has 2 heterocycles. The summed E-state index contributed by atoms with van der Waals surface area (Å²) in [5.74, 6) is -0.0810. The van der Waals surface area contributed by atoms with Crippen LogP contribution in [-0.2, 0) is 14.3 Å². The minimum absolute atomic E-state index is 0.0810. The van der Waals surface area contributed by atoms with Crippen LogP contribution in [0.4, 0.5) is 10.5 Å². The largest absolute Gasteiger partial charge is 0.389 e. The summed E-state index contributed by atoms with van der Waals surface area (Å²) in [6, 6.07) is 16.0. The molecule has 0 unspecified atom stereocenters. The fraction of sp³-hybridized carbons (Fsp3) is 0.462. The van der Waals surface area contributed by atoms with Gasteiger partial charge in [0.15, 0.2) is 0 Å². The molecule has 4 rings (SSSR count). The third-order valence-corrected chi connectivity index (χ3v) is 6.64. The minimum atomic E-state index is -0.802. The average molecular weight is 502 g/mol. The van der Waals surface area contributed by atoms with Crippen molar-refractivity contribution in [1.29, 1.82) is 0 Å². The number of rotatable bonds is 5. The number of amides is 3. The molecule has 2 fully saturated rings. The predicted molar refractivity (Wildman–Crippen MR) is 133 cm³/mol. The number of ether oxygens (including phenoxy) is 2. The number of benzene rings is 2. The molecule has 188 valence electrons. The standard InChI is InChI=1S/C26H32ClN3O5/c1-17(18-6-3-2-4-7-18)28-25(32)13-22-10-11-23-24(35-22)16-34-15-21(31)14-30(23)26(33)29-20-9-5-8-19(27)12-20/h2-9,12,17,21-24,31H,10-11,13-16H2,1H3,(H,28,32)(H,29,33)/t17-,21+,22+,23+,24-/m1/s1. The van der Waals surface area contributed by atoms with Crippen LogP contribution in [0.5, 0.6) is 0 Å². The molecule has 35 heavy (non-hydrogen) atoms. The molecule has 2 aromatic rings. The molecule has 2 aliphatic heterocycles. The maximum absolute atomic E-state index is 13.2. The first kappa shape index (κ1) is 25.4. The van der Waals surface area contributed by atoms with Crippen molar-refractivity contribution in [2.45, 2.75) is 56.6 Å². The van der Waals surface area contributed by atoms with Gasteiger partial charge in [-0.2, -0.15) is 0 Å². The van der Waals surface area contributed by atoms with Gasteiger partial charge in [0.25, 0.3) is 0 Å². The molecular weight excluding hydrogens is 470 g/mol. The Kier molecular flexibility index (Phi) is 8.62. The molecule has 9 heteroatoms. The van der Waals surface area contributed by atoms with Crippen molar-refractivity contribution in [3.05, 3.63) is 65.2 Å². The second-order valence-corrected chi connectivity index (χ2v) is 9.57. The topological polar surface area (TPSA) is 100 Å². The molecule has 5 atom stereocenters. The van der Waals surface area contributed by atoms with Gasteiger partial charge in [-0.05, 0) is 43.5 Å². The normalized spacial score (nSPS) is 25.5. The van der Waals surface area contributed by atoms with E-state index in [1.54, 1.807) is 29.2 Å². The maximum atomic E-state index is 13.2. The maximum Gasteiger partial charge on any atom is 0.322 e. The number of hydrogen-bond acceptors (Lipinski definition) is 5. The van der Waals surface area contributed by atoms with Gasteiger partial charge >= 0.3 is 6.03 Å². The van der Waals surface area contributed by atoms with Crippen LogP contribution < -0.4 is 10.6 Å². The number of aliphatic hydroxyl groups is 1. The monoisotopic (exact) mass is 501 g/mol. The summed E-state index contributed by atoms with van der Waals surface area (Å²) in [7, 11) is 0.